The lowest BCUT2D eigenvalue weighted by atomic mass is 9.96. The number of nitrogens with one attached hydrogen (secondary N) is 1. The normalized spacial score (nSPS) is 14.7. The van der Waals surface area contributed by atoms with Gasteiger partial charge in [-0.05, 0) is 86.8 Å². The summed E-state index contributed by atoms with van der Waals surface area (Å²) < 4.78 is 13.4. The van der Waals surface area contributed by atoms with Crippen LogP contribution in [0, 0.1) is 6.92 Å². The predicted octanol–water partition coefficient (Wildman–Crippen LogP) is 7.79. The summed E-state index contributed by atoms with van der Waals surface area (Å²) in [4.78, 5) is 18.2. The van der Waals surface area contributed by atoms with Crippen LogP contribution in [0.2, 0.25) is 0 Å². The van der Waals surface area contributed by atoms with Crippen molar-refractivity contribution in [1.29, 1.82) is 0 Å². The Morgan fingerprint density at radius 2 is 1.61 bits per heavy atom. The Balaban J connectivity index is 1.42. The molecule has 38 heavy (non-hydrogen) atoms. The van der Waals surface area contributed by atoms with Gasteiger partial charge < -0.3 is 24.0 Å². The van der Waals surface area contributed by atoms with Crippen LogP contribution in [0.3, 0.4) is 0 Å². The number of hydrogen-bond acceptors (Lipinski definition) is 6. The molecule has 6 nitrogen and oxygen atoms in total. The van der Waals surface area contributed by atoms with Crippen LogP contribution in [0.15, 0.2) is 72.7 Å². The summed E-state index contributed by atoms with van der Waals surface area (Å²) in [5, 5.41) is 4.78. The summed E-state index contributed by atoms with van der Waals surface area (Å²) in [6.45, 7) is 10.8. The molecule has 0 atom stereocenters. The van der Waals surface area contributed by atoms with E-state index in [2.05, 4.69) is 88.2 Å². The summed E-state index contributed by atoms with van der Waals surface area (Å²) in [6, 6.07) is 18.8. The van der Waals surface area contributed by atoms with E-state index in [0.717, 1.165) is 46.3 Å². The highest BCUT2D eigenvalue weighted by Crippen LogP contribution is 2.44. The maximum atomic E-state index is 13.4. The number of fused-ring (bicyclic) bond motifs is 9. The summed E-state index contributed by atoms with van der Waals surface area (Å²) in [5.74, 6) is 0.584. The fourth-order valence-corrected chi connectivity index (χ4v) is 6.19. The summed E-state index contributed by atoms with van der Waals surface area (Å²) in [7, 11) is 0. The molecule has 0 spiro atoms. The van der Waals surface area contributed by atoms with Gasteiger partial charge in [0.05, 0.1) is 17.6 Å². The molecule has 7 heteroatoms. The Hall–Kier alpha value is -3.71. The molecule has 3 aromatic carbocycles. The third-order valence-corrected chi connectivity index (χ3v) is 7.83. The Morgan fingerprint density at radius 1 is 0.895 bits per heavy atom. The number of furan rings is 1. The number of benzene rings is 3. The topological polar surface area (TPSA) is 61.9 Å². The standard InChI is InChI=1S/C31H28BrN3O3/c1-17-5-10-25-22(11-17)28-27(30(36)37-25)26(29(38-28)33-31(2,3)4)18-6-8-23-19(12-18)14-34-16-35(23)15-20-13-21(32)7-9-24(20)34/h5-13,33H,14-16H2,1-4H3. The zero-order valence-electron chi connectivity index (χ0n) is 21.8. The van der Waals surface area contributed by atoms with E-state index in [4.69, 9.17) is 8.83 Å². The molecule has 4 heterocycles. The van der Waals surface area contributed by atoms with Crippen LogP contribution < -0.4 is 20.7 Å². The van der Waals surface area contributed by atoms with Crippen LogP contribution in [0.5, 0.6) is 0 Å². The molecule has 5 aromatic rings. The van der Waals surface area contributed by atoms with E-state index in [1.54, 1.807) is 0 Å². The van der Waals surface area contributed by atoms with Crippen molar-refractivity contribution in [3.63, 3.8) is 0 Å². The predicted molar refractivity (Wildman–Crippen MR) is 157 cm³/mol. The highest BCUT2D eigenvalue weighted by Gasteiger charge is 2.31. The molecule has 0 saturated heterocycles. The summed E-state index contributed by atoms with van der Waals surface area (Å²) in [5.41, 5.74) is 8.22. The van der Waals surface area contributed by atoms with Crippen LogP contribution >= 0.6 is 15.9 Å². The molecule has 192 valence electrons. The maximum Gasteiger partial charge on any atom is 0.348 e. The van der Waals surface area contributed by atoms with Gasteiger partial charge in [-0.25, -0.2) is 4.79 Å². The first-order valence-corrected chi connectivity index (χ1v) is 13.6. The van der Waals surface area contributed by atoms with Crippen molar-refractivity contribution in [1.82, 2.24) is 0 Å². The molecule has 2 aliphatic rings. The first-order chi connectivity index (χ1) is 18.1. The Bertz CT molecular complexity index is 1830. The average molecular weight is 570 g/mol. The minimum atomic E-state index is -0.390. The Labute approximate surface area is 229 Å². The van der Waals surface area contributed by atoms with Crippen LogP contribution in [0.25, 0.3) is 33.1 Å². The molecule has 2 bridgehead atoms. The Morgan fingerprint density at radius 3 is 2.34 bits per heavy atom. The van der Waals surface area contributed by atoms with Gasteiger partial charge in [0.2, 0.25) is 5.88 Å². The van der Waals surface area contributed by atoms with Crippen molar-refractivity contribution >= 4 is 55.1 Å². The fraction of sp³-hybridized carbons (Fsp3) is 0.258. The number of hydrogen-bond donors (Lipinski definition) is 1. The number of halogens is 1. The Kier molecular flexibility index (Phi) is 5.02. The van der Waals surface area contributed by atoms with Crippen molar-refractivity contribution in [2.45, 2.75) is 46.3 Å². The van der Waals surface area contributed by atoms with Crippen molar-refractivity contribution < 1.29 is 8.83 Å². The second-order valence-corrected chi connectivity index (χ2v) is 12.3. The molecule has 0 radical (unpaired) electrons. The second kappa shape index (κ2) is 8.14. The van der Waals surface area contributed by atoms with Gasteiger partial charge in [-0.2, -0.15) is 0 Å². The van der Waals surface area contributed by atoms with Gasteiger partial charge in [-0.1, -0.05) is 33.6 Å². The molecule has 0 unspecified atom stereocenters. The van der Waals surface area contributed by atoms with Gasteiger partial charge >= 0.3 is 5.63 Å². The summed E-state index contributed by atoms with van der Waals surface area (Å²) in [6.07, 6.45) is 0. The third-order valence-electron chi connectivity index (χ3n) is 7.34. The summed E-state index contributed by atoms with van der Waals surface area (Å²) >= 11 is 3.62. The largest absolute Gasteiger partial charge is 0.439 e. The maximum absolute atomic E-state index is 13.4. The molecule has 0 amide bonds. The van der Waals surface area contributed by atoms with Gasteiger partial charge in [0.15, 0.2) is 5.58 Å². The second-order valence-electron chi connectivity index (χ2n) is 11.4. The zero-order valence-corrected chi connectivity index (χ0v) is 23.4. The van der Waals surface area contributed by atoms with Crippen molar-refractivity contribution in [3.8, 4) is 11.1 Å². The molecule has 0 aliphatic carbocycles. The third kappa shape index (κ3) is 3.71. The quantitative estimate of drug-likeness (QED) is 0.219. The van der Waals surface area contributed by atoms with E-state index in [0.29, 0.717) is 22.4 Å². The van der Waals surface area contributed by atoms with Crippen molar-refractivity contribution in [3.05, 3.63) is 86.2 Å². The minimum absolute atomic E-state index is 0.269. The number of nitrogens with zero attached hydrogens (tertiary/aromatic N) is 2. The van der Waals surface area contributed by atoms with E-state index in [1.807, 2.05) is 25.1 Å². The number of aryl methyl sites for hydroxylation is 1. The first-order valence-electron chi connectivity index (χ1n) is 12.8. The minimum Gasteiger partial charge on any atom is -0.439 e. The fourth-order valence-electron chi connectivity index (χ4n) is 5.79. The SMILES string of the molecule is Cc1ccc2oc(=O)c3c(-c4ccc5c(c4)CN4CN5Cc5cc(Br)ccc54)c(NC(C)(C)C)oc3c2c1. The van der Waals surface area contributed by atoms with E-state index < -0.39 is 5.63 Å². The number of rotatable bonds is 2. The van der Waals surface area contributed by atoms with Gasteiger partial charge in [0, 0.05) is 34.5 Å². The van der Waals surface area contributed by atoms with E-state index in [9.17, 15) is 4.79 Å². The highest BCUT2D eigenvalue weighted by molar-refractivity contribution is 9.10. The molecule has 2 aliphatic heterocycles. The first kappa shape index (κ1) is 23.4. The zero-order chi connectivity index (χ0) is 26.3. The van der Waals surface area contributed by atoms with Crippen LogP contribution in [-0.2, 0) is 13.1 Å². The van der Waals surface area contributed by atoms with Crippen LogP contribution in [-0.4, -0.2) is 12.2 Å². The highest BCUT2D eigenvalue weighted by atomic mass is 79.9. The molecular weight excluding hydrogens is 542 g/mol. The lowest BCUT2D eigenvalue weighted by Gasteiger charge is -2.45. The smallest absolute Gasteiger partial charge is 0.348 e. The molecule has 1 N–H and O–H groups in total. The number of anilines is 3. The lowest BCUT2D eigenvalue weighted by molar-refractivity contribution is 0.557. The van der Waals surface area contributed by atoms with Crippen molar-refractivity contribution in [2.24, 2.45) is 0 Å². The van der Waals surface area contributed by atoms with Crippen LogP contribution in [0.4, 0.5) is 17.3 Å². The average Bonchev–Trinajstić information content (AvgIpc) is 3.22. The van der Waals surface area contributed by atoms with Gasteiger partial charge in [0.25, 0.3) is 0 Å². The monoisotopic (exact) mass is 569 g/mol. The van der Waals surface area contributed by atoms with Crippen LogP contribution in [0.1, 0.15) is 37.5 Å². The molecular formula is C31H28BrN3O3. The van der Waals surface area contributed by atoms with Gasteiger partial charge in [-0.3, -0.25) is 0 Å². The molecule has 2 aromatic heterocycles. The van der Waals surface area contributed by atoms with E-state index in [1.165, 1.54) is 22.5 Å². The molecule has 0 fully saturated rings. The van der Waals surface area contributed by atoms with E-state index >= 15 is 0 Å². The van der Waals surface area contributed by atoms with E-state index in [-0.39, 0.29) is 5.54 Å². The van der Waals surface area contributed by atoms with Gasteiger partial charge in [0.1, 0.15) is 11.0 Å². The molecule has 0 saturated carbocycles. The van der Waals surface area contributed by atoms with Gasteiger partial charge in [-0.15, -0.1) is 0 Å². The lowest BCUT2D eigenvalue weighted by Crippen LogP contribution is -2.46. The van der Waals surface area contributed by atoms with Crippen molar-refractivity contribution in [2.75, 3.05) is 21.8 Å². The molecule has 7 rings (SSSR count).